The van der Waals surface area contributed by atoms with Crippen molar-refractivity contribution in [2.75, 3.05) is 14.2 Å². The Kier molecular flexibility index (Phi) is 5.10. The van der Waals surface area contributed by atoms with E-state index in [0.717, 1.165) is 45.8 Å². The van der Waals surface area contributed by atoms with Gasteiger partial charge in [-0.1, -0.05) is 19.1 Å². The first-order valence-corrected chi connectivity index (χ1v) is 9.06. The Morgan fingerprint density at radius 2 is 1.75 bits per heavy atom. The summed E-state index contributed by atoms with van der Waals surface area (Å²) < 4.78 is 10.8. The molecule has 1 aromatic carbocycles. The predicted octanol–water partition coefficient (Wildman–Crippen LogP) is 3.94. The van der Waals surface area contributed by atoms with Gasteiger partial charge < -0.3 is 14.5 Å². The summed E-state index contributed by atoms with van der Waals surface area (Å²) >= 11 is 0. The first-order chi connectivity index (χ1) is 13.7. The second kappa shape index (κ2) is 7.84. The molecule has 0 fully saturated rings. The van der Waals surface area contributed by atoms with Gasteiger partial charge in [0.25, 0.3) is 0 Å². The summed E-state index contributed by atoms with van der Waals surface area (Å²) in [6.07, 6.45) is 3.62. The van der Waals surface area contributed by atoms with Crippen LogP contribution in [0, 0.1) is 0 Å². The van der Waals surface area contributed by atoms with Crippen molar-refractivity contribution in [2.24, 2.45) is 0 Å². The van der Waals surface area contributed by atoms with Gasteiger partial charge in [-0.3, -0.25) is 15.0 Å². The standard InChI is InChI=1S/C21H21N5O2/c1-4-14-6-5-7-16(24-14)19-18(25-20(26-19)21(27-2)28-3)13-8-9-15-17(12-13)23-11-10-22-15/h5-12,21H,4H2,1-3H3,(H,25,26). The van der Waals surface area contributed by atoms with Crippen LogP contribution >= 0.6 is 0 Å². The molecule has 0 bridgehead atoms. The first kappa shape index (κ1) is 18.2. The number of aromatic amines is 1. The number of aryl methyl sites for hydroxylation is 1. The van der Waals surface area contributed by atoms with E-state index in [2.05, 4.69) is 21.9 Å². The molecule has 0 aliphatic heterocycles. The molecule has 0 atom stereocenters. The quantitative estimate of drug-likeness (QED) is 0.514. The molecule has 1 N–H and O–H groups in total. The Morgan fingerprint density at radius 3 is 2.50 bits per heavy atom. The van der Waals surface area contributed by atoms with Crippen molar-refractivity contribution in [3.8, 4) is 22.6 Å². The lowest BCUT2D eigenvalue weighted by molar-refractivity contribution is -0.111. The van der Waals surface area contributed by atoms with E-state index in [1.54, 1.807) is 26.6 Å². The van der Waals surface area contributed by atoms with Crippen molar-refractivity contribution in [2.45, 2.75) is 19.6 Å². The van der Waals surface area contributed by atoms with Crippen LogP contribution in [-0.4, -0.2) is 39.1 Å². The van der Waals surface area contributed by atoms with Crippen LogP contribution in [0.2, 0.25) is 0 Å². The van der Waals surface area contributed by atoms with Crippen LogP contribution in [0.5, 0.6) is 0 Å². The molecule has 7 heteroatoms. The van der Waals surface area contributed by atoms with E-state index in [4.69, 9.17) is 19.4 Å². The van der Waals surface area contributed by atoms with Gasteiger partial charge in [-0.05, 0) is 30.7 Å². The Labute approximate surface area is 162 Å². The lowest BCUT2D eigenvalue weighted by Gasteiger charge is -2.09. The number of hydrogen-bond donors (Lipinski definition) is 1. The van der Waals surface area contributed by atoms with Crippen LogP contribution in [0.4, 0.5) is 0 Å². The lowest BCUT2D eigenvalue weighted by atomic mass is 10.1. The van der Waals surface area contributed by atoms with Gasteiger partial charge in [0.1, 0.15) is 0 Å². The zero-order valence-electron chi connectivity index (χ0n) is 16.0. The molecule has 7 nitrogen and oxygen atoms in total. The molecule has 0 saturated carbocycles. The largest absolute Gasteiger partial charge is 0.349 e. The van der Waals surface area contributed by atoms with Crippen molar-refractivity contribution < 1.29 is 9.47 Å². The fraction of sp³-hybridized carbons (Fsp3) is 0.238. The third kappa shape index (κ3) is 3.37. The van der Waals surface area contributed by atoms with E-state index in [9.17, 15) is 0 Å². The Morgan fingerprint density at radius 1 is 0.964 bits per heavy atom. The zero-order chi connectivity index (χ0) is 19.5. The highest BCUT2D eigenvalue weighted by atomic mass is 16.7. The first-order valence-electron chi connectivity index (χ1n) is 9.06. The molecule has 142 valence electrons. The molecular formula is C21H21N5O2. The monoisotopic (exact) mass is 375 g/mol. The highest BCUT2D eigenvalue weighted by molar-refractivity contribution is 5.84. The lowest BCUT2D eigenvalue weighted by Crippen LogP contribution is -2.05. The molecular weight excluding hydrogens is 354 g/mol. The van der Waals surface area contributed by atoms with Gasteiger partial charge in [0.2, 0.25) is 6.29 Å². The second-order valence-electron chi connectivity index (χ2n) is 6.28. The Hall–Kier alpha value is -3.16. The maximum atomic E-state index is 5.38. The number of nitrogens with one attached hydrogen (secondary N) is 1. The molecule has 3 heterocycles. The van der Waals surface area contributed by atoms with Gasteiger partial charge in [0, 0.05) is 37.9 Å². The van der Waals surface area contributed by atoms with Crippen LogP contribution in [0.25, 0.3) is 33.7 Å². The fourth-order valence-electron chi connectivity index (χ4n) is 3.14. The summed E-state index contributed by atoms with van der Waals surface area (Å²) in [5, 5.41) is 0. The molecule has 0 unspecified atom stereocenters. The molecule has 28 heavy (non-hydrogen) atoms. The van der Waals surface area contributed by atoms with Gasteiger partial charge in [-0.15, -0.1) is 0 Å². The van der Waals surface area contributed by atoms with E-state index in [1.165, 1.54) is 0 Å². The number of aromatic nitrogens is 5. The van der Waals surface area contributed by atoms with Crippen molar-refractivity contribution >= 4 is 11.0 Å². The van der Waals surface area contributed by atoms with E-state index >= 15 is 0 Å². The van der Waals surface area contributed by atoms with Crippen LogP contribution < -0.4 is 0 Å². The van der Waals surface area contributed by atoms with Crippen LogP contribution in [0.3, 0.4) is 0 Å². The molecule has 0 spiro atoms. The third-order valence-electron chi connectivity index (χ3n) is 4.54. The summed E-state index contributed by atoms with van der Waals surface area (Å²) in [6.45, 7) is 2.08. The molecule has 4 aromatic rings. The van der Waals surface area contributed by atoms with Gasteiger partial charge in [-0.2, -0.15) is 0 Å². The molecule has 0 aliphatic carbocycles. The topological polar surface area (TPSA) is 85.8 Å². The number of fused-ring (bicyclic) bond motifs is 1. The predicted molar refractivity (Wildman–Crippen MR) is 106 cm³/mol. The molecule has 3 aromatic heterocycles. The van der Waals surface area contributed by atoms with E-state index < -0.39 is 6.29 Å². The minimum absolute atomic E-state index is 0.581. The number of rotatable bonds is 6. The van der Waals surface area contributed by atoms with Gasteiger partial charge in [0.15, 0.2) is 5.82 Å². The number of pyridine rings is 1. The Balaban J connectivity index is 1.90. The highest BCUT2D eigenvalue weighted by Crippen LogP contribution is 2.32. The van der Waals surface area contributed by atoms with Gasteiger partial charge >= 0.3 is 0 Å². The van der Waals surface area contributed by atoms with Crippen LogP contribution in [0.15, 0.2) is 48.8 Å². The average Bonchev–Trinajstić information content (AvgIpc) is 3.19. The minimum atomic E-state index is -0.595. The molecule has 0 amide bonds. The molecule has 0 aliphatic rings. The molecule has 0 saturated heterocycles. The van der Waals surface area contributed by atoms with Crippen LogP contribution in [-0.2, 0) is 15.9 Å². The van der Waals surface area contributed by atoms with E-state index in [1.807, 2.05) is 36.4 Å². The van der Waals surface area contributed by atoms with Crippen molar-refractivity contribution in [1.82, 2.24) is 24.9 Å². The van der Waals surface area contributed by atoms with Crippen LogP contribution in [0.1, 0.15) is 24.7 Å². The maximum absolute atomic E-state index is 5.38. The summed E-state index contributed by atoms with van der Waals surface area (Å²) in [6, 6.07) is 11.9. The fourth-order valence-corrected chi connectivity index (χ4v) is 3.14. The third-order valence-corrected chi connectivity index (χ3v) is 4.54. The number of benzene rings is 1. The molecule has 4 rings (SSSR count). The SMILES string of the molecule is CCc1cccc(-c2[nH]c(C(OC)OC)nc2-c2ccc3nccnc3c2)n1. The number of hydrogen-bond acceptors (Lipinski definition) is 6. The van der Waals surface area contributed by atoms with Crippen molar-refractivity contribution in [1.29, 1.82) is 0 Å². The minimum Gasteiger partial charge on any atom is -0.349 e. The van der Waals surface area contributed by atoms with E-state index in [-0.39, 0.29) is 0 Å². The maximum Gasteiger partial charge on any atom is 0.216 e. The number of imidazole rings is 1. The average molecular weight is 375 g/mol. The van der Waals surface area contributed by atoms with Gasteiger partial charge in [-0.25, -0.2) is 4.98 Å². The number of ether oxygens (including phenoxy) is 2. The number of methoxy groups -OCH3 is 2. The normalized spacial score (nSPS) is 11.4. The highest BCUT2D eigenvalue weighted by Gasteiger charge is 2.21. The molecule has 0 radical (unpaired) electrons. The number of nitrogens with zero attached hydrogens (tertiary/aromatic N) is 4. The number of H-pyrrole nitrogens is 1. The second-order valence-corrected chi connectivity index (χ2v) is 6.28. The van der Waals surface area contributed by atoms with Crippen molar-refractivity contribution in [3.05, 3.63) is 60.3 Å². The van der Waals surface area contributed by atoms with Gasteiger partial charge in [0.05, 0.1) is 28.1 Å². The summed E-state index contributed by atoms with van der Waals surface area (Å²) in [7, 11) is 3.16. The smallest absolute Gasteiger partial charge is 0.216 e. The van der Waals surface area contributed by atoms with Crippen molar-refractivity contribution in [3.63, 3.8) is 0 Å². The summed E-state index contributed by atoms with van der Waals surface area (Å²) in [5.74, 6) is 0.581. The van der Waals surface area contributed by atoms with E-state index in [0.29, 0.717) is 5.82 Å². The zero-order valence-corrected chi connectivity index (χ0v) is 16.0. The summed E-state index contributed by atoms with van der Waals surface area (Å²) in [5.41, 5.74) is 5.97. The Bertz CT molecular complexity index is 1100. The summed E-state index contributed by atoms with van der Waals surface area (Å²) in [4.78, 5) is 21.6.